The highest BCUT2D eigenvalue weighted by Gasteiger charge is 2.20. The van der Waals surface area contributed by atoms with Gasteiger partial charge in [0.25, 0.3) is 10.0 Å². The van der Waals surface area contributed by atoms with Crippen LogP contribution in [0.15, 0.2) is 47.4 Å². The van der Waals surface area contributed by atoms with E-state index >= 15 is 0 Å². The molecule has 1 saturated heterocycles. The molecule has 25 heavy (non-hydrogen) atoms. The van der Waals surface area contributed by atoms with E-state index in [0.717, 1.165) is 49.7 Å². The first-order valence-corrected chi connectivity index (χ1v) is 9.66. The van der Waals surface area contributed by atoms with Crippen molar-refractivity contribution < 1.29 is 17.2 Å². The van der Waals surface area contributed by atoms with Crippen LogP contribution in [0.2, 0.25) is 0 Å². The van der Waals surface area contributed by atoms with E-state index in [2.05, 4.69) is 16.5 Å². The van der Waals surface area contributed by atoms with Gasteiger partial charge in [0.15, 0.2) is 0 Å². The molecule has 4 nitrogen and oxygen atoms in total. The minimum Gasteiger partial charge on any atom is -0.372 e. The van der Waals surface area contributed by atoms with E-state index in [1.54, 1.807) is 12.1 Å². The van der Waals surface area contributed by atoms with Crippen LogP contribution >= 0.6 is 0 Å². The maximum absolute atomic E-state index is 13.7. The Morgan fingerprint density at radius 2 is 1.68 bits per heavy atom. The van der Waals surface area contributed by atoms with Crippen LogP contribution in [0.25, 0.3) is 0 Å². The number of nitrogens with zero attached hydrogens (tertiary/aromatic N) is 1. The zero-order valence-corrected chi connectivity index (χ0v) is 14.7. The van der Waals surface area contributed by atoms with Crippen LogP contribution in [0.3, 0.4) is 0 Å². The van der Waals surface area contributed by atoms with Gasteiger partial charge < -0.3 is 4.90 Å². The second kappa shape index (κ2) is 7.00. The van der Waals surface area contributed by atoms with Crippen LogP contribution < -0.4 is 9.62 Å². The zero-order valence-electron chi connectivity index (χ0n) is 13.9. The van der Waals surface area contributed by atoms with Gasteiger partial charge in [0.1, 0.15) is 16.5 Å². The summed E-state index contributed by atoms with van der Waals surface area (Å²) >= 11 is 0. The first kappa shape index (κ1) is 17.7. The van der Waals surface area contributed by atoms with Gasteiger partial charge in [-0.25, -0.2) is 17.2 Å². The van der Waals surface area contributed by atoms with Gasteiger partial charge in [-0.2, -0.15) is 0 Å². The first-order chi connectivity index (χ1) is 11.8. The largest absolute Gasteiger partial charge is 0.372 e. The van der Waals surface area contributed by atoms with Crippen LogP contribution in [0.5, 0.6) is 0 Å². The average molecular weight is 366 g/mol. The number of hydrogen-bond acceptors (Lipinski definition) is 3. The van der Waals surface area contributed by atoms with Gasteiger partial charge >= 0.3 is 0 Å². The second-order valence-electron chi connectivity index (χ2n) is 6.40. The molecule has 1 heterocycles. The van der Waals surface area contributed by atoms with Crippen LogP contribution in [0, 0.1) is 17.6 Å². The Labute approximate surface area is 146 Å². The van der Waals surface area contributed by atoms with Crippen molar-refractivity contribution in [3.8, 4) is 0 Å². The van der Waals surface area contributed by atoms with Crippen molar-refractivity contribution in [3.05, 3.63) is 54.1 Å². The summed E-state index contributed by atoms with van der Waals surface area (Å²) in [7, 11) is -4.11. The fourth-order valence-electron chi connectivity index (χ4n) is 2.91. The van der Waals surface area contributed by atoms with Gasteiger partial charge in [-0.1, -0.05) is 6.92 Å². The van der Waals surface area contributed by atoms with Crippen molar-refractivity contribution >= 4 is 21.4 Å². The third-order valence-corrected chi connectivity index (χ3v) is 5.87. The van der Waals surface area contributed by atoms with Crippen molar-refractivity contribution in [2.24, 2.45) is 5.92 Å². The topological polar surface area (TPSA) is 49.4 Å². The van der Waals surface area contributed by atoms with Crippen molar-refractivity contribution in [2.75, 3.05) is 22.7 Å². The smallest absolute Gasteiger partial charge is 0.264 e. The lowest BCUT2D eigenvalue weighted by atomic mass is 9.99. The first-order valence-electron chi connectivity index (χ1n) is 8.18. The highest BCUT2D eigenvalue weighted by molar-refractivity contribution is 7.92. The third kappa shape index (κ3) is 4.10. The number of nitrogens with one attached hydrogen (secondary N) is 1. The highest BCUT2D eigenvalue weighted by atomic mass is 32.2. The number of benzene rings is 2. The molecular formula is C18H20F2N2O2S. The predicted octanol–water partition coefficient (Wildman–Crippen LogP) is 4.00. The van der Waals surface area contributed by atoms with Crippen molar-refractivity contribution in [1.29, 1.82) is 0 Å². The number of halogens is 2. The monoisotopic (exact) mass is 366 g/mol. The Bertz CT molecular complexity index is 846. The molecule has 0 amide bonds. The third-order valence-electron chi connectivity index (χ3n) is 4.45. The number of rotatable bonds is 4. The minimum absolute atomic E-state index is 0.331. The van der Waals surface area contributed by atoms with E-state index in [1.807, 2.05) is 12.1 Å². The van der Waals surface area contributed by atoms with E-state index < -0.39 is 26.6 Å². The average Bonchev–Trinajstić information content (AvgIpc) is 2.55. The normalized spacial score (nSPS) is 16.0. The van der Waals surface area contributed by atoms with Crippen molar-refractivity contribution in [3.63, 3.8) is 0 Å². The zero-order chi connectivity index (χ0) is 18.0. The number of anilines is 2. The van der Waals surface area contributed by atoms with Crippen molar-refractivity contribution in [2.45, 2.75) is 24.7 Å². The molecule has 0 radical (unpaired) electrons. The Balaban J connectivity index is 1.74. The van der Waals surface area contributed by atoms with Crippen LogP contribution in [0.4, 0.5) is 20.2 Å². The predicted molar refractivity (Wildman–Crippen MR) is 94.2 cm³/mol. The summed E-state index contributed by atoms with van der Waals surface area (Å²) in [6.07, 6.45) is 2.27. The summed E-state index contributed by atoms with van der Waals surface area (Å²) in [5, 5.41) is 0. The molecule has 1 N–H and O–H groups in total. The second-order valence-corrected chi connectivity index (χ2v) is 8.05. The van der Waals surface area contributed by atoms with E-state index in [9.17, 15) is 17.2 Å². The maximum Gasteiger partial charge on any atom is 0.264 e. The summed E-state index contributed by atoms with van der Waals surface area (Å²) in [5.74, 6) is -1.21. The van der Waals surface area contributed by atoms with E-state index in [1.165, 1.54) is 0 Å². The molecule has 1 aliphatic rings. The Morgan fingerprint density at radius 1 is 1.04 bits per heavy atom. The van der Waals surface area contributed by atoms with Gasteiger partial charge in [0.2, 0.25) is 0 Å². The van der Waals surface area contributed by atoms with Gasteiger partial charge in [0, 0.05) is 30.5 Å². The molecule has 0 spiro atoms. The van der Waals surface area contributed by atoms with E-state index in [-0.39, 0.29) is 0 Å². The molecule has 0 aromatic heterocycles. The molecule has 0 saturated carbocycles. The lowest BCUT2D eigenvalue weighted by molar-refractivity contribution is 0.438. The standard InChI is InChI=1S/C18H20F2N2O2S/c1-13-8-10-22(11-9-13)16-5-3-15(4-6-16)21-25(23,24)18-7-2-14(19)12-17(18)20/h2-7,12-13,21H,8-11H2,1H3. The molecule has 0 bridgehead atoms. The Hall–Kier alpha value is -2.15. The SMILES string of the molecule is CC1CCN(c2ccc(NS(=O)(=O)c3ccc(F)cc3F)cc2)CC1. The van der Waals surface area contributed by atoms with Crippen LogP contribution in [-0.2, 0) is 10.0 Å². The fraction of sp³-hybridized carbons (Fsp3) is 0.333. The molecule has 7 heteroatoms. The maximum atomic E-state index is 13.7. The molecular weight excluding hydrogens is 346 g/mol. The molecule has 0 unspecified atom stereocenters. The molecule has 2 aromatic carbocycles. The number of piperidine rings is 1. The Kier molecular flexibility index (Phi) is 4.94. The molecule has 1 fully saturated rings. The molecule has 0 aliphatic carbocycles. The minimum atomic E-state index is -4.11. The fourth-order valence-corrected chi connectivity index (χ4v) is 4.03. The number of hydrogen-bond donors (Lipinski definition) is 1. The molecule has 1 aliphatic heterocycles. The molecule has 0 atom stereocenters. The summed E-state index contributed by atoms with van der Waals surface area (Å²) in [5.41, 5.74) is 1.36. The number of sulfonamides is 1. The van der Waals surface area contributed by atoms with Crippen molar-refractivity contribution in [1.82, 2.24) is 0 Å². The quantitative estimate of drug-likeness (QED) is 0.890. The lowest BCUT2D eigenvalue weighted by Gasteiger charge is -2.32. The molecule has 2 aromatic rings. The summed E-state index contributed by atoms with van der Waals surface area (Å²) in [4.78, 5) is 1.68. The summed E-state index contributed by atoms with van der Waals surface area (Å²) in [6.45, 7) is 4.20. The molecule has 3 rings (SSSR count). The summed E-state index contributed by atoms with van der Waals surface area (Å²) in [6, 6.07) is 9.35. The highest BCUT2D eigenvalue weighted by Crippen LogP contribution is 2.25. The summed E-state index contributed by atoms with van der Waals surface area (Å²) < 4.78 is 53.5. The van der Waals surface area contributed by atoms with E-state index in [0.29, 0.717) is 11.8 Å². The Morgan fingerprint density at radius 3 is 2.28 bits per heavy atom. The lowest BCUT2D eigenvalue weighted by Crippen LogP contribution is -2.32. The molecule has 134 valence electrons. The van der Waals surface area contributed by atoms with Crippen LogP contribution in [-0.4, -0.2) is 21.5 Å². The van der Waals surface area contributed by atoms with Gasteiger partial charge in [-0.05, 0) is 55.2 Å². The van der Waals surface area contributed by atoms with Gasteiger partial charge in [-0.15, -0.1) is 0 Å². The van der Waals surface area contributed by atoms with E-state index in [4.69, 9.17) is 0 Å². The van der Waals surface area contributed by atoms with Crippen LogP contribution in [0.1, 0.15) is 19.8 Å². The van der Waals surface area contributed by atoms with Gasteiger partial charge in [-0.3, -0.25) is 4.72 Å². The van der Waals surface area contributed by atoms with Gasteiger partial charge in [0.05, 0.1) is 0 Å².